The molecule has 1 amide bonds. The van der Waals surface area contributed by atoms with E-state index in [0.29, 0.717) is 30.0 Å². The number of carbonyl (C=O) groups excluding carboxylic acids is 2. The molecule has 1 heterocycles. The number of anilines is 2. The molecule has 5 nitrogen and oxygen atoms in total. The number of Topliss-reactive ketones (excluding diaryl/α,β-unsaturated/α-hetero) is 1. The first-order valence-electron chi connectivity index (χ1n) is 9.24. The van der Waals surface area contributed by atoms with Crippen molar-refractivity contribution in [2.24, 2.45) is 0 Å². The highest BCUT2D eigenvalue weighted by molar-refractivity contribution is 5.96. The standard InChI is InChI=1S/C23H23N3O2/c1-3-26(16-18-8-5-4-6-9-18)23(28)20-12-13-24-22(15-20)25-21-11-7-10-19(14-21)17(2)27/h4-15H,3,16H2,1-2H3,(H,24,25). The van der Waals surface area contributed by atoms with Gasteiger partial charge in [-0.15, -0.1) is 0 Å². The zero-order valence-electron chi connectivity index (χ0n) is 16.1. The zero-order valence-corrected chi connectivity index (χ0v) is 16.1. The summed E-state index contributed by atoms with van der Waals surface area (Å²) < 4.78 is 0. The summed E-state index contributed by atoms with van der Waals surface area (Å²) in [5, 5.41) is 3.17. The van der Waals surface area contributed by atoms with Gasteiger partial charge in [0.05, 0.1) is 0 Å². The Bertz CT molecular complexity index is 970. The third kappa shape index (κ3) is 4.82. The molecule has 142 valence electrons. The van der Waals surface area contributed by atoms with Crippen molar-refractivity contribution in [3.63, 3.8) is 0 Å². The summed E-state index contributed by atoms with van der Waals surface area (Å²) in [5.74, 6) is 0.511. The maximum absolute atomic E-state index is 13.0. The quantitative estimate of drug-likeness (QED) is 0.610. The Morgan fingerprint density at radius 2 is 1.75 bits per heavy atom. The minimum Gasteiger partial charge on any atom is -0.340 e. The Morgan fingerprint density at radius 1 is 0.964 bits per heavy atom. The van der Waals surface area contributed by atoms with E-state index in [1.54, 1.807) is 35.4 Å². The van der Waals surface area contributed by atoms with Crippen LogP contribution in [-0.2, 0) is 6.54 Å². The first-order chi connectivity index (χ1) is 13.6. The van der Waals surface area contributed by atoms with E-state index in [4.69, 9.17) is 0 Å². The molecule has 0 fully saturated rings. The molecule has 0 saturated carbocycles. The molecule has 0 unspecified atom stereocenters. The summed E-state index contributed by atoms with van der Waals surface area (Å²) in [5.41, 5.74) is 3.03. The average Bonchev–Trinajstić information content (AvgIpc) is 2.72. The molecule has 5 heteroatoms. The van der Waals surface area contributed by atoms with Crippen molar-refractivity contribution in [2.45, 2.75) is 20.4 Å². The van der Waals surface area contributed by atoms with Crippen LogP contribution in [-0.4, -0.2) is 28.1 Å². The molecular formula is C23H23N3O2. The summed E-state index contributed by atoms with van der Waals surface area (Å²) >= 11 is 0. The number of nitrogens with one attached hydrogen (secondary N) is 1. The van der Waals surface area contributed by atoms with Crippen LogP contribution < -0.4 is 5.32 Å². The number of hydrogen-bond donors (Lipinski definition) is 1. The zero-order chi connectivity index (χ0) is 19.9. The van der Waals surface area contributed by atoms with Gasteiger partial charge in [-0.2, -0.15) is 0 Å². The Kier molecular flexibility index (Phi) is 6.17. The molecule has 0 aliphatic carbocycles. The van der Waals surface area contributed by atoms with Crippen molar-refractivity contribution in [3.05, 3.63) is 89.6 Å². The Balaban J connectivity index is 1.77. The van der Waals surface area contributed by atoms with Crippen molar-refractivity contribution in [1.82, 2.24) is 9.88 Å². The predicted octanol–water partition coefficient (Wildman–Crippen LogP) is 4.69. The van der Waals surface area contributed by atoms with Crippen LogP contribution in [0.3, 0.4) is 0 Å². The van der Waals surface area contributed by atoms with Gasteiger partial charge in [0.2, 0.25) is 0 Å². The molecule has 0 aliphatic heterocycles. The minimum atomic E-state index is -0.0470. The normalized spacial score (nSPS) is 10.4. The summed E-state index contributed by atoms with van der Waals surface area (Å²) in [6.07, 6.45) is 1.61. The Hall–Kier alpha value is -3.47. The lowest BCUT2D eigenvalue weighted by molar-refractivity contribution is 0.0752. The van der Waals surface area contributed by atoms with Crippen LogP contribution in [0.4, 0.5) is 11.5 Å². The van der Waals surface area contributed by atoms with Crippen LogP contribution in [0, 0.1) is 0 Å². The van der Waals surface area contributed by atoms with Gasteiger partial charge < -0.3 is 10.2 Å². The monoisotopic (exact) mass is 373 g/mol. The van der Waals surface area contributed by atoms with Gasteiger partial charge in [-0.3, -0.25) is 9.59 Å². The summed E-state index contributed by atoms with van der Waals surface area (Å²) in [4.78, 5) is 30.6. The highest BCUT2D eigenvalue weighted by atomic mass is 16.2. The topological polar surface area (TPSA) is 62.3 Å². The molecule has 0 radical (unpaired) electrons. The van der Waals surface area contributed by atoms with Crippen LogP contribution in [0.5, 0.6) is 0 Å². The molecule has 2 aromatic carbocycles. The first kappa shape index (κ1) is 19.3. The third-order valence-corrected chi connectivity index (χ3v) is 4.43. The molecule has 0 atom stereocenters. The molecule has 0 saturated heterocycles. The second-order valence-corrected chi connectivity index (χ2v) is 6.50. The first-order valence-corrected chi connectivity index (χ1v) is 9.24. The van der Waals surface area contributed by atoms with Crippen LogP contribution >= 0.6 is 0 Å². The number of nitrogens with zero attached hydrogens (tertiary/aromatic N) is 2. The van der Waals surface area contributed by atoms with Gasteiger partial charge in [0, 0.05) is 36.1 Å². The van der Waals surface area contributed by atoms with Crippen molar-refractivity contribution in [2.75, 3.05) is 11.9 Å². The largest absolute Gasteiger partial charge is 0.340 e. The van der Waals surface area contributed by atoms with Gasteiger partial charge in [0.15, 0.2) is 5.78 Å². The van der Waals surface area contributed by atoms with E-state index < -0.39 is 0 Å². The van der Waals surface area contributed by atoms with Crippen LogP contribution in [0.15, 0.2) is 72.9 Å². The van der Waals surface area contributed by atoms with Crippen molar-refractivity contribution in [3.8, 4) is 0 Å². The number of pyridine rings is 1. The minimum absolute atomic E-state index is 0.0000345. The van der Waals surface area contributed by atoms with Crippen molar-refractivity contribution < 1.29 is 9.59 Å². The summed E-state index contributed by atoms with van der Waals surface area (Å²) in [7, 11) is 0. The number of amides is 1. The SMILES string of the molecule is CCN(Cc1ccccc1)C(=O)c1ccnc(Nc2cccc(C(C)=O)c2)c1. The second kappa shape index (κ2) is 8.95. The molecule has 1 aromatic heterocycles. The smallest absolute Gasteiger partial charge is 0.254 e. The maximum atomic E-state index is 13.0. The molecule has 3 rings (SSSR count). The summed E-state index contributed by atoms with van der Waals surface area (Å²) in [6, 6.07) is 20.6. The van der Waals surface area contributed by atoms with Gasteiger partial charge in [-0.05, 0) is 43.7 Å². The average molecular weight is 373 g/mol. The lowest BCUT2D eigenvalue weighted by Gasteiger charge is -2.21. The van der Waals surface area contributed by atoms with E-state index in [1.165, 1.54) is 6.92 Å². The second-order valence-electron chi connectivity index (χ2n) is 6.50. The van der Waals surface area contributed by atoms with Crippen LogP contribution in [0.2, 0.25) is 0 Å². The van der Waals surface area contributed by atoms with E-state index in [2.05, 4.69) is 10.3 Å². The van der Waals surface area contributed by atoms with Crippen LogP contribution in [0.25, 0.3) is 0 Å². The lowest BCUT2D eigenvalue weighted by Crippen LogP contribution is -2.30. The molecule has 28 heavy (non-hydrogen) atoms. The van der Waals surface area contributed by atoms with Crippen LogP contribution in [0.1, 0.15) is 40.1 Å². The number of ketones is 1. The van der Waals surface area contributed by atoms with Crippen molar-refractivity contribution in [1.29, 1.82) is 0 Å². The fourth-order valence-corrected chi connectivity index (χ4v) is 2.91. The number of hydrogen-bond acceptors (Lipinski definition) is 4. The number of benzene rings is 2. The predicted molar refractivity (Wildman–Crippen MR) is 111 cm³/mol. The van der Waals surface area contributed by atoms with Gasteiger partial charge in [-0.1, -0.05) is 42.5 Å². The Morgan fingerprint density at radius 3 is 2.46 bits per heavy atom. The van der Waals surface area contributed by atoms with E-state index in [0.717, 1.165) is 11.3 Å². The Labute approximate surface area is 165 Å². The molecule has 3 aromatic rings. The fraction of sp³-hybridized carbons (Fsp3) is 0.174. The summed E-state index contributed by atoms with van der Waals surface area (Å²) in [6.45, 7) is 4.67. The van der Waals surface area contributed by atoms with E-state index in [1.807, 2.05) is 49.4 Å². The van der Waals surface area contributed by atoms with E-state index >= 15 is 0 Å². The number of rotatable bonds is 7. The number of carbonyl (C=O) groups is 2. The van der Waals surface area contributed by atoms with Gasteiger partial charge in [0.25, 0.3) is 5.91 Å². The van der Waals surface area contributed by atoms with Gasteiger partial charge in [-0.25, -0.2) is 4.98 Å². The molecule has 0 bridgehead atoms. The maximum Gasteiger partial charge on any atom is 0.254 e. The fourth-order valence-electron chi connectivity index (χ4n) is 2.91. The molecular weight excluding hydrogens is 350 g/mol. The lowest BCUT2D eigenvalue weighted by atomic mass is 10.1. The molecule has 0 spiro atoms. The number of aromatic nitrogens is 1. The van der Waals surface area contributed by atoms with Crippen molar-refractivity contribution >= 4 is 23.2 Å². The van der Waals surface area contributed by atoms with E-state index in [-0.39, 0.29) is 11.7 Å². The highest BCUT2D eigenvalue weighted by Gasteiger charge is 2.15. The molecule has 1 N–H and O–H groups in total. The highest BCUT2D eigenvalue weighted by Crippen LogP contribution is 2.18. The molecule has 0 aliphatic rings. The van der Waals surface area contributed by atoms with Gasteiger partial charge in [0.1, 0.15) is 5.82 Å². The third-order valence-electron chi connectivity index (χ3n) is 4.43. The van der Waals surface area contributed by atoms with E-state index in [9.17, 15) is 9.59 Å². The van der Waals surface area contributed by atoms with Gasteiger partial charge >= 0.3 is 0 Å².